The van der Waals surface area contributed by atoms with Crippen LogP contribution in [0.2, 0.25) is 5.02 Å². The number of nitrogens with zero attached hydrogens (tertiary/aromatic N) is 3. The molecule has 2 aliphatic heterocycles. The highest BCUT2D eigenvalue weighted by atomic mass is 35.5. The van der Waals surface area contributed by atoms with E-state index in [1.807, 2.05) is 0 Å². The number of hydrogen-bond donors (Lipinski definition) is 0. The van der Waals surface area contributed by atoms with Gasteiger partial charge in [-0.05, 0) is 49.6 Å². The highest BCUT2D eigenvalue weighted by Crippen LogP contribution is 2.39. The molecule has 9 heteroatoms. The molecule has 0 aromatic heterocycles. The Kier molecular flexibility index (Phi) is 5.94. The first-order valence-corrected chi connectivity index (χ1v) is 12.1. The molecule has 31 heavy (non-hydrogen) atoms. The maximum Gasteiger partial charge on any atom is 0.343 e. The summed E-state index contributed by atoms with van der Waals surface area (Å²) in [5, 5.41) is 0.314. The number of carbonyl (C=O) groups excluding carboxylic acids is 2. The maximum atomic E-state index is 13.5. The van der Waals surface area contributed by atoms with Gasteiger partial charge in [-0.3, -0.25) is 9.69 Å². The van der Waals surface area contributed by atoms with Crippen molar-refractivity contribution >= 4 is 44.9 Å². The third kappa shape index (κ3) is 4.02. The summed E-state index contributed by atoms with van der Waals surface area (Å²) >= 11 is 6.11. The van der Waals surface area contributed by atoms with Gasteiger partial charge in [0.25, 0.3) is 10.0 Å². The fraction of sp³-hybridized carbons (Fsp3) is 0.364. The van der Waals surface area contributed by atoms with Crippen molar-refractivity contribution in [2.75, 3.05) is 28.8 Å². The molecule has 2 aromatic rings. The van der Waals surface area contributed by atoms with E-state index >= 15 is 0 Å². The molecule has 1 saturated heterocycles. The van der Waals surface area contributed by atoms with E-state index in [9.17, 15) is 18.0 Å². The highest BCUT2D eigenvalue weighted by molar-refractivity contribution is 7.94. The van der Waals surface area contributed by atoms with Crippen LogP contribution in [0.5, 0.6) is 0 Å². The predicted molar refractivity (Wildman–Crippen MR) is 120 cm³/mol. The van der Waals surface area contributed by atoms with Crippen LogP contribution in [0.1, 0.15) is 31.2 Å². The molecule has 2 aromatic carbocycles. The Morgan fingerprint density at radius 3 is 2.39 bits per heavy atom. The lowest BCUT2D eigenvalue weighted by Crippen LogP contribution is -2.54. The maximum absolute atomic E-state index is 13.5. The minimum Gasteiger partial charge on any atom is -0.341 e. The van der Waals surface area contributed by atoms with Crippen LogP contribution in [-0.2, 0) is 14.8 Å². The molecule has 0 unspecified atom stereocenters. The zero-order valence-corrected chi connectivity index (χ0v) is 18.8. The second-order valence-corrected chi connectivity index (χ2v) is 10.0. The normalized spacial score (nSPS) is 18.5. The third-order valence-corrected chi connectivity index (χ3v) is 7.69. The number of urea groups is 1. The second kappa shape index (κ2) is 8.51. The van der Waals surface area contributed by atoms with E-state index in [1.165, 1.54) is 17.0 Å². The molecular formula is C22H24ClN3O4S. The van der Waals surface area contributed by atoms with Crippen LogP contribution in [0.15, 0.2) is 47.4 Å². The zero-order chi connectivity index (χ0) is 22.2. The molecule has 4 rings (SSSR count). The molecule has 2 aliphatic rings. The molecule has 0 radical (unpaired) electrons. The molecule has 0 spiro atoms. The number of rotatable bonds is 3. The molecule has 7 nitrogen and oxygen atoms in total. The molecule has 3 amide bonds. The predicted octanol–water partition coefficient (Wildman–Crippen LogP) is 4.19. The van der Waals surface area contributed by atoms with Gasteiger partial charge in [0.2, 0.25) is 5.91 Å². The summed E-state index contributed by atoms with van der Waals surface area (Å²) < 4.78 is 27.6. The molecule has 164 valence electrons. The van der Waals surface area contributed by atoms with Crippen LogP contribution in [0.25, 0.3) is 0 Å². The van der Waals surface area contributed by atoms with Crippen molar-refractivity contribution in [3.63, 3.8) is 0 Å². The van der Waals surface area contributed by atoms with Gasteiger partial charge in [0.15, 0.2) is 0 Å². The SMILES string of the molecule is Cc1ccc(Cl)cc1N1C(=O)N(CC(=O)N2CCCCCC2)c2ccccc2S1(=O)=O. The number of halogens is 1. The number of anilines is 2. The molecule has 0 N–H and O–H groups in total. The fourth-order valence-electron chi connectivity index (χ4n) is 4.05. The molecule has 2 heterocycles. The number of carbonyl (C=O) groups is 2. The Labute approximate surface area is 187 Å². The molecule has 0 aliphatic carbocycles. The summed E-state index contributed by atoms with van der Waals surface area (Å²) in [4.78, 5) is 29.6. The number of benzene rings is 2. The quantitative estimate of drug-likeness (QED) is 0.686. The number of aryl methyl sites for hydroxylation is 1. The number of likely N-dealkylation sites (tertiary alicyclic amines) is 1. The van der Waals surface area contributed by atoms with Crippen LogP contribution in [0, 0.1) is 6.92 Å². The first-order valence-electron chi connectivity index (χ1n) is 10.3. The number of sulfonamides is 1. The van der Waals surface area contributed by atoms with E-state index < -0.39 is 16.1 Å². The highest BCUT2D eigenvalue weighted by Gasteiger charge is 2.43. The van der Waals surface area contributed by atoms with Gasteiger partial charge in [0, 0.05) is 18.1 Å². The van der Waals surface area contributed by atoms with Crippen molar-refractivity contribution in [3.8, 4) is 0 Å². The average molecular weight is 462 g/mol. The van der Waals surface area contributed by atoms with E-state index in [1.54, 1.807) is 42.2 Å². The topological polar surface area (TPSA) is 78.0 Å². The molecular weight excluding hydrogens is 438 g/mol. The van der Waals surface area contributed by atoms with Gasteiger partial charge in [-0.25, -0.2) is 13.2 Å². The minimum absolute atomic E-state index is 0.0161. The van der Waals surface area contributed by atoms with E-state index in [4.69, 9.17) is 11.6 Å². The van der Waals surface area contributed by atoms with Gasteiger partial charge in [0.1, 0.15) is 11.4 Å². The molecule has 1 fully saturated rings. The third-order valence-electron chi connectivity index (χ3n) is 5.72. The van der Waals surface area contributed by atoms with Gasteiger partial charge < -0.3 is 4.90 Å². The van der Waals surface area contributed by atoms with E-state index in [0.717, 1.165) is 30.0 Å². The number of amides is 3. The molecule has 0 saturated carbocycles. The van der Waals surface area contributed by atoms with E-state index in [0.29, 0.717) is 23.7 Å². The Balaban J connectivity index is 1.77. The first-order chi connectivity index (χ1) is 14.8. The van der Waals surface area contributed by atoms with Crippen molar-refractivity contribution in [2.45, 2.75) is 37.5 Å². The minimum atomic E-state index is -4.17. The number of fused-ring (bicyclic) bond motifs is 1. The van der Waals surface area contributed by atoms with E-state index in [-0.39, 0.29) is 28.7 Å². The second-order valence-electron chi connectivity index (χ2n) is 7.83. The lowest BCUT2D eigenvalue weighted by atomic mass is 10.2. The van der Waals surface area contributed by atoms with Crippen LogP contribution < -0.4 is 9.21 Å². The Hall–Kier alpha value is -2.58. The monoisotopic (exact) mass is 461 g/mol. The molecule has 0 atom stereocenters. The fourth-order valence-corrected chi connectivity index (χ4v) is 5.87. The van der Waals surface area contributed by atoms with Gasteiger partial charge in [0.05, 0.1) is 11.4 Å². The van der Waals surface area contributed by atoms with Crippen molar-refractivity contribution in [2.24, 2.45) is 0 Å². The van der Waals surface area contributed by atoms with Gasteiger partial charge in [-0.2, -0.15) is 4.31 Å². The first kappa shape index (κ1) is 21.6. The lowest BCUT2D eigenvalue weighted by Gasteiger charge is -2.37. The summed E-state index contributed by atoms with van der Waals surface area (Å²) in [5.74, 6) is -0.188. The van der Waals surface area contributed by atoms with Crippen LogP contribution in [0.4, 0.5) is 16.2 Å². The van der Waals surface area contributed by atoms with Crippen molar-refractivity contribution in [3.05, 3.63) is 53.1 Å². The molecule has 0 bridgehead atoms. The van der Waals surface area contributed by atoms with Gasteiger partial charge >= 0.3 is 6.03 Å². The summed E-state index contributed by atoms with van der Waals surface area (Å²) in [6.07, 6.45) is 4.02. The Morgan fingerprint density at radius 1 is 1.00 bits per heavy atom. The summed E-state index contributed by atoms with van der Waals surface area (Å²) in [6, 6.07) is 10.2. The summed E-state index contributed by atoms with van der Waals surface area (Å²) in [7, 11) is -4.17. The smallest absolute Gasteiger partial charge is 0.341 e. The Bertz CT molecular complexity index is 1130. The zero-order valence-electron chi connectivity index (χ0n) is 17.3. The lowest BCUT2D eigenvalue weighted by molar-refractivity contribution is -0.129. The van der Waals surface area contributed by atoms with Crippen LogP contribution >= 0.6 is 11.6 Å². The Morgan fingerprint density at radius 2 is 1.68 bits per heavy atom. The van der Waals surface area contributed by atoms with E-state index in [2.05, 4.69) is 0 Å². The standard InChI is InChI=1S/C22H24ClN3O4S/c1-16-10-11-17(23)14-19(16)26-22(28)25(15-21(27)24-12-6-2-3-7-13-24)18-8-4-5-9-20(18)31(26,29)30/h4-5,8-11,14H,2-3,6-7,12-13,15H2,1H3. The van der Waals surface area contributed by atoms with Crippen molar-refractivity contribution in [1.29, 1.82) is 0 Å². The summed E-state index contributed by atoms with van der Waals surface area (Å²) in [6.45, 7) is 2.79. The average Bonchev–Trinajstić information content (AvgIpc) is 3.03. The van der Waals surface area contributed by atoms with Gasteiger partial charge in [-0.15, -0.1) is 0 Å². The van der Waals surface area contributed by atoms with Crippen LogP contribution in [-0.4, -0.2) is 44.9 Å². The van der Waals surface area contributed by atoms with Crippen LogP contribution in [0.3, 0.4) is 0 Å². The number of para-hydroxylation sites is 1. The van der Waals surface area contributed by atoms with Crippen molar-refractivity contribution < 1.29 is 18.0 Å². The van der Waals surface area contributed by atoms with Gasteiger partial charge in [-0.1, -0.05) is 42.6 Å². The largest absolute Gasteiger partial charge is 0.343 e. The summed E-state index contributed by atoms with van der Waals surface area (Å²) in [5.41, 5.74) is 0.977. The van der Waals surface area contributed by atoms with Crippen molar-refractivity contribution in [1.82, 2.24) is 4.90 Å². The number of hydrogen-bond acceptors (Lipinski definition) is 4.